The van der Waals surface area contributed by atoms with Gasteiger partial charge in [-0.25, -0.2) is 0 Å². The summed E-state index contributed by atoms with van der Waals surface area (Å²) >= 11 is 5.95. The van der Waals surface area contributed by atoms with E-state index in [0.717, 1.165) is 23.2 Å². The molecule has 1 N–H and O–H groups in total. The standard InChI is InChI=1S/C17H19BrINO/c1-3-9-21-16-8-7-13(11-15(16)18)17(20-2)12-5-4-6-14(19)10-12/h4-8,10-11,17,20H,3,9H2,1-2H3. The van der Waals surface area contributed by atoms with Crippen molar-refractivity contribution in [2.45, 2.75) is 19.4 Å². The van der Waals surface area contributed by atoms with E-state index in [1.807, 2.05) is 13.1 Å². The Balaban J connectivity index is 2.28. The first kappa shape index (κ1) is 16.8. The number of ether oxygens (including phenoxy) is 1. The smallest absolute Gasteiger partial charge is 0.133 e. The van der Waals surface area contributed by atoms with Crippen LogP contribution in [-0.4, -0.2) is 13.7 Å². The molecule has 4 heteroatoms. The van der Waals surface area contributed by atoms with Crippen molar-refractivity contribution in [2.75, 3.05) is 13.7 Å². The number of hydrogen-bond donors (Lipinski definition) is 1. The molecule has 0 saturated heterocycles. The summed E-state index contributed by atoms with van der Waals surface area (Å²) in [4.78, 5) is 0. The quantitative estimate of drug-likeness (QED) is 0.603. The summed E-state index contributed by atoms with van der Waals surface area (Å²) in [5.74, 6) is 0.901. The summed E-state index contributed by atoms with van der Waals surface area (Å²) in [6.45, 7) is 2.85. The van der Waals surface area contributed by atoms with Gasteiger partial charge in [0.05, 0.1) is 17.1 Å². The minimum absolute atomic E-state index is 0.177. The zero-order chi connectivity index (χ0) is 15.2. The Morgan fingerprint density at radius 1 is 1.19 bits per heavy atom. The lowest BCUT2D eigenvalue weighted by Gasteiger charge is -2.19. The van der Waals surface area contributed by atoms with Gasteiger partial charge < -0.3 is 10.1 Å². The molecule has 2 rings (SSSR count). The number of nitrogens with one attached hydrogen (secondary N) is 1. The highest BCUT2D eigenvalue weighted by Gasteiger charge is 2.14. The third kappa shape index (κ3) is 4.44. The van der Waals surface area contributed by atoms with Crippen LogP contribution >= 0.6 is 38.5 Å². The number of halogens is 2. The Labute approximate surface area is 148 Å². The van der Waals surface area contributed by atoms with Crippen LogP contribution in [-0.2, 0) is 0 Å². The molecule has 0 saturated carbocycles. The van der Waals surface area contributed by atoms with Crippen molar-refractivity contribution in [3.05, 3.63) is 61.6 Å². The maximum absolute atomic E-state index is 5.71. The highest BCUT2D eigenvalue weighted by molar-refractivity contribution is 14.1. The molecule has 0 aliphatic carbocycles. The van der Waals surface area contributed by atoms with Gasteiger partial charge in [-0.15, -0.1) is 0 Å². The van der Waals surface area contributed by atoms with Crippen LogP contribution in [0.3, 0.4) is 0 Å². The third-order valence-corrected chi connectivity index (χ3v) is 4.51. The molecule has 2 aromatic carbocycles. The summed E-state index contributed by atoms with van der Waals surface area (Å²) in [6.07, 6.45) is 1.01. The molecular weight excluding hydrogens is 441 g/mol. The molecule has 2 aromatic rings. The average Bonchev–Trinajstić information content (AvgIpc) is 2.47. The van der Waals surface area contributed by atoms with Gasteiger partial charge in [-0.2, -0.15) is 0 Å². The lowest BCUT2D eigenvalue weighted by Crippen LogP contribution is -2.17. The van der Waals surface area contributed by atoms with Gasteiger partial charge in [0.1, 0.15) is 5.75 Å². The molecule has 0 aliphatic rings. The van der Waals surface area contributed by atoms with Gasteiger partial charge in [-0.3, -0.25) is 0 Å². The Hall–Kier alpha value is -0.590. The van der Waals surface area contributed by atoms with E-state index >= 15 is 0 Å². The van der Waals surface area contributed by atoms with Crippen molar-refractivity contribution < 1.29 is 4.74 Å². The van der Waals surface area contributed by atoms with Gasteiger partial charge in [0, 0.05) is 3.57 Å². The van der Waals surface area contributed by atoms with E-state index in [1.54, 1.807) is 0 Å². The fourth-order valence-corrected chi connectivity index (χ4v) is 3.32. The second-order valence-corrected chi connectivity index (χ2v) is 6.91. The van der Waals surface area contributed by atoms with Gasteiger partial charge in [0.25, 0.3) is 0 Å². The molecule has 0 amide bonds. The summed E-state index contributed by atoms with van der Waals surface area (Å²) < 4.78 is 7.95. The van der Waals surface area contributed by atoms with Crippen molar-refractivity contribution in [1.82, 2.24) is 5.32 Å². The van der Waals surface area contributed by atoms with Crippen molar-refractivity contribution in [2.24, 2.45) is 0 Å². The molecule has 112 valence electrons. The predicted octanol–water partition coefficient (Wildman–Crippen LogP) is 5.15. The van der Waals surface area contributed by atoms with E-state index in [4.69, 9.17) is 4.74 Å². The maximum Gasteiger partial charge on any atom is 0.133 e. The minimum atomic E-state index is 0.177. The van der Waals surface area contributed by atoms with Crippen LogP contribution in [0.5, 0.6) is 5.75 Å². The van der Waals surface area contributed by atoms with E-state index in [9.17, 15) is 0 Å². The molecule has 1 unspecified atom stereocenters. The Morgan fingerprint density at radius 2 is 1.95 bits per heavy atom. The fraction of sp³-hybridized carbons (Fsp3) is 0.294. The van der Waals surface area contributed by atoms with Crippen molar-refractivity contribution >= 4 is 38.5 Å². The minimum Gasteiger partial charge on any atom is -0.492 e. The maximum atomic E-state index is 5.71. The highest BCUT2D eigenvalue weighted by Crippen LogP contribution is 2.31. The van der Waals surface area contributed by atoms with E-state index < -0.39 is 0 Å². The van der Waals surface area contributed by atoms with E-state index in [2.05, 4.69) is 87.2 Å². The van der Waals surface area contributed by atoms with Crippen LogP contribution in [0, 0.1) is 3.57 Å². The van der Waals surface area contributed by atoms with Gasteiger partial charge in [0.15, 0.2) is 0 Å². The van der Waals surface area contributed by atoms with Gasteiger partial charge >= 0.3 is 0 Å². The molecule has 1 atom stereocenters. The monoisotopic (exact) mass is 459 g/mol. The van der Waals surface area contributed by atoms with Gasteiger partial charge in [0.2, 0.25) is 0 Å². The van der Waals surface area contributed by atoms with Crippen LogP contribution in [0.15, 0.2) is 46.9 Å². The van der Waals surface area contributed by atoms with Gasteiger partial charge in [-0.1, -0.05) is 25.1 Å². The normalized spacial score (nSPS) is 12.2. The van der Waals surface area contributed by atoms with E-state index in [-0.39, 0.29) is 6.04 Å². The fourth-order valence-electron chi connectivity index (χ4n) is 2.24. The van der Waals surface area contributed by atoms with Crippen molar-refractivity contribution in [1.29, 1.82) is 0 Å². The highest BCUT2D eigenvalue weighted by atomic mass is 127. The SMILES string of the molecule is CCCOc1ccc(C(NC)c2cccc(I)c2)cc1Br. The van der Waals surface area contributed by atoms with Crippen LogP contribution in [0.2, 0.25) is 0 Å². The molecule has 0 radical (unpaired) electrons. The molecular formula is C17H19BrINO. The van der Waals surface area contributed by atoms with Crippen molar-refractivity contribution in [3.8, 4) is 5.75 Å². The Bertz CT molecular complexity index is 603. The molecule has 0 fully saturated rings. The van der Waals surface area contributed by atoms with E-state index in [1.165, 1.54) is 14.7 Å². The van der Waals surface area contributed by atoms with Crippen LogP contribution in [0.4, 0.5) is 0 Å². The summed E-state index contributed by atoms with van der Waals surface area (Å²) in [6, 6.07) is 15.0. The number of benzene rings is 2. The summed E-state index contributed by atoms with van der Waals surface area (Å²) in [5, 5.41) is 3.39. The van der Waals surface area contributed by atoms with Crippen molar-refractivity contribution in [3.63, 3.8) is 0 Å². The zero-order valence-electron chi connectivity index (χ0n) is 12.2. The zero-order valence-corrected chi connectivity index (χ0v) is 15.9. The largest absolute Gasteiger partial charge is 0.492 e. The third-order valence-electron chi connectivity index (χ3n) is 3.22. The number of rotatable bonds is 6. The molecule has 0 aromatic heterocycles. The summed E-state index contributed by atoms with van der Waals surface area (Å²) in [7, 11) is 1.99. The average molecular weight is 460 g/mol. The molecule has 0 aliphatic heterocycles. The van der Waals surface area contributed by atoms with Crippen LogP contribution < -0.4 is 10.1 Å². The molecule has 21 heavy (non-hydrogen) atoms. The molecule has 0 spiro atoms. The lowest BCUT2D eigenvalue weighted by molar-refractivity contribution is 0.315. The second kappa shape index (κ2) is 8.15. The molecule has 0 heterocycles. The van der Waals surface area contributed by atoms with Crippen LogP contribution in [0.1, 0.15) is 30.5 Å². The molecule has 0 bridgehead atoms. The second-order valence-electron chi connectivity index (χ2n) is 4.82. The Kier molecular flexibility index (Phi) is 6.51. The summed E-state index contributed by atoms with van der Waals surface area (Å²) in [5.41, 5.74) is 2.48. The van der Waals surface area contributed by atoms with Crippen LogP contribution in [0.25, 0.3) is 0 Å². The Morgan fingerprint density at radius 3 is 2.57 bits per heavy atom. The topological polar surface area (TPSA) is 21.3 Å². The number of hydrogen-bond acceptors (Lipinski definition) is 2. The first-order valence-corrected chi connectivity index (χ1v) is 8.88. The predicted molar refractivity (Wildman–Crippen MR) is 100.0 cm³/mol. The van der Waals surface area contributed by atoms with Gasteiger partial charge in [-0.05, 0) is 87.4 Å². The first-order valence-electron chi connectivity index (χ1n) is 7.00. The lowest BCUT2D eigenvalue weighted by atomic mass is 9.99. The first-order chi connectivity index (χ1) is 10.2. The molecule has 2 nitrogen and oxygen atoms in total. The van der Waals surface area contributed by atoms with E-state index in [0.29, 0.717) is 0 Å².